The Morgan fingerprint density at radius 2 is 1.84 bits per heavy atom. The van der Waals surface area contributed by atoms with E-state index in [-0.39, 0.29) is 5.78 Å². The average molecular weight is 471 g/mol. The molecule has 2 heterocycles. The number of hydrogen-bond acceptors (Lipinski definition) is 6. The molecule has 4 nitrogen and oxygen atoms in total. The summed E-state index contributed by atoms with van der Waals surface area (Å²) in [5, 5.41) is 0. The second kappa shape index (κ2) is 12.5. The molecule has 0 aromatic rings. The first kappa shape index (κ1) is 25.6. The van der Waals surface area contributed by atoms with Gasteiger partial charge in [0, 0.05) is 30.5 Å². The number of ketones is 1. The number of thioether (sulfide) groups is 2. The van der Waals surface area contributed by atoms with Gasteiger partial charge in [0.25, 0.3) is 0 Å². The number of allylic oxidation sites excluding steroid dienone is 2. The van der Waals surface area contributed by atoms with E-state index < -0.39 is 11.2 Å². The molecule has 0 N–H and O–H groups in total. The molecule has 0 aromatic carbocycles. The van der Waals surface area contributed by atoms with E-state index >= 15 is 0 Å². The Morgan fingerprint density at radius 3 is 2.55 bits per heavy atom. The van der Waals surface area contributed by atoms with Crippen LogP contribution in [0.2, 0.25) is 0 Å². The zero-order valence-corrected chi connectivity index (χ0v) is 21.4. The molecule has 0 bridgehead atoms. The van der Waals surface area contributed by atoms with Crippen LogP contribution in [0, 0.1) is 17.3 Å². The van der Waals surface area contributed by atoms with Gasteiger partial charge in [-0.1, -0.05) is 46.1 Å². The van der Waals surface area contributed by atoms with Crippen LogP contribution >= 0.6 is 23.5 Å². The van der Waals surface area contributed by atoms with Crippen molar-refractivity contribution in [2.75, 3.05) is 37.9 Å². The van der Waals surface area contributed by atoms with Crippen molar-refractivity contribution in [2.24, 2.45) is 17.3 Å². The maximum Gasteiger partial charge on any atom is 0.171 e. The summed E-state index contributed by atoms with van der Waals surface area (Å²) in [6.45, 7) is 8.74. The topological polar surface area (TPSA) is 44.8 Å². The molecule has 2 aliphatic heterocycles. The number of unbranched alkanes of at least 4 members (excludes halogenated alkanes) is 2. The smallest absolute Gasteiger partial charge is 0.171 e. The van der Waals surface area contributed by atoms with E-state index in [1.807, 2.05) is 19.9 Å². The van der Waals surface area contributed by atoms with Crippen molar-refractivity contribution >= 4 is 29.3 Å². The maximum atomic E-state index is 12.9. The maximum absolute atomic E-state index is 12.9. The van der Waals surface area contributed by atoms with Crippen LogP contribution in [0.4, 0.5) is 0 Å². The molecule has 1 spiro atoms. The van der Waals surface area contributed by atoms with Crippen LogP contribution in [0.5, 0.6) is 0 Å². The van der Waals surface area contributed by atoms with Gasteiger partial charge in [-0.3, -0.25) is 4.79 Å². The third kappa shape index (κ3) is 7.23. The fourth-order valence-electron chi connectivity index (χ4n) is 4.90. The van der Waals surface area contributed by atoms with E-state index in [2.05, 4.69) is 36.5 Å². The van der Waals surface area contributed by atoms with Crippen LogP contribution in [0.3, 0.4) is 0 Å². The molecule has 2 saturated heterocycles. The molecule has 6 heteroatoms. The standard InChI is InChI=1S/C25H42O4S2/c1-4-5-14-27-19-24(2,3)22(26)11-10-20-12-13-25(28-15-16-29-25)21(20)8-6-7-9-23-30-17-18-31-23/h10-11,20-21,23H,4-9,12-19H2,1-3H3/t20-,21+/m0/s1. The van der Waals surface area contributed by atoms with Crippen LogP contribution in [0.15, 0.2) is 12.2 Å². The highest BCUT2D eigenvalue weighted by molar-refractivity contribution is 8.20. The predicted octanol–water partition coefficient (Wildman–Crippen LogP) is 6.09. The fourth-order valence-corrected chi connectivity index (χ4v) is 7.83. The normalized spacial score (nSPS) is 26.5. The zero-order chi connectivity index (χ0) is 22.2. The molecule has 0 radical (unpaired) electrons. The Kier molecular flexibility index (Phi) is 10.3. The first-order chi connectivity index (χ1) is 15.0. The van der Waals surface area contributed by atoms with Gasteiger partial charge in [0.1, 0.15) is 0 Å². The summed E-state index contributed by atoms with van der Waals surface area (Å²) in [4.78, 5) is 12.9. The lowest BCUT2D eigenvalue weighted by atomic mass is 9.85. The minimum absolute atomic E-state index is 0.159. The van der Waals surface area contributed by atoms with E-state index in [1.165, 1.54) is 30.8 Å². The van der Waals surface area contributed by atoms with Gasteiger partial charge in [-0.05, 0) is 37.7 Å². The molecule has 0 unspecified atom stereocenters. The summed E-state index contributed by atoms with van der Waals surface area (Å²) in [5.41, 5.74) is -0.479. The molecule has 31 heavy (non-hydrogen) atoms. The van der Waals surface area contributed by atoms with E-state index in [9.17, 15) is 4.79 Å². The number of rotatable bonds is 13. The van der Waals surface area contributed by atoms with Gasteiger partial charge in [-0.15, -0.1) is 23.5 Å². The van der Waals surface area contributed by atoms with Gasteiger partial charge >= 0.3 is 0 Å². The van der Waals surface area contributed by atoms with E-state index in [0.717, 1.165) is 43.3 Å². The summed E-state index contributed by atoms with van der Waals surface area (Å²) in [6.07, 6.45) is 13.0. The first-order valence-electron chi connectivity index (χ1n) is 12.3. The van der Waals surface area contributed by atoms with E-state index in [0.29, 0.717) is 31.7 Å². The Hall–Kier alpha value is -0.0100. The predicted molar refractivity (Wildman–Crippen MR) is 132 cm³/mol. The molecule has 1 aliphatic carbocycles. The van der Waals surface area contributed by atoms with Crippen molar-refractivity contribution in [3.05, 3.63) is 12.2 Å². The summed E-state index contributed by atoms with van der Waals surface area (Å²) < 4.78 is 18.8. The van der Waals surface area contributed by atoms with Crippen molar-refractivity contribution in [3.63, 3.8) is 0 Å². The minimum Gasteiger partial charge on any atom is -0.380 e. The average Bonchev–Trinajstić information content (AvgIpc) is 3.50. The number of hydrogen-bond donors (Lipinski definition) is 0. The van der Waals surface area contributed by atoms with Gasteiger partial charge in [-0.2, -0.15) is 0 Å². The lowest BCUT2D eigenvalue weighted by molar-refractivity contribution is -0.186. The highest BCUT2D eigenvalue weighted by atomic mass is 32.2. The van der Waals surface area contributed by atoms with E-state index in [4.69, 9.17) is 14.2 Å². The summed E-state index contributed by atoms with van der Waals surface area (Å²) in [5.74, 6) is 3.08. The van der Waals surface area contributed by atoms with Crippen LogP contribution in [0.25, 0.3) is 0 Å². The van der Waals surface area contributed by atoms with E-state index in [1.54, 1.807) is 0 Å². The third-order valence-electron chi connectivity index (χ3n) is 6.85. The van der Waals surface area contributed by atoms with Crippen molar-refractivity contribution in [3.8, 4) is 0 Å². The van der Waals surface area contributed by atoms with Crippen molar-refractivity contribution in [2.45, 2.75) is 82.5 Å². The highest BCUT2D eigenvalue weighted by Crippen LogP contribution is 2.49. The summed E-state index contributed by atoms with van der Waals surface area (Å²) in [6, 6.07) is 0. The Morgan fingerprint density at radius 1 is 1.13 bits per heavy atom. The van der Waals surface area contributed by atoms with Gasteiger partial charge in [0.15, 0.2) is 11.6 Å². The lowest BCUT2D eigenvalue weighted by Crippen LogP contribution is -2.36. The van der Waals surface area contributed by atoms with Crippen molar-refractivity contribution < 1.29 is 19.0 Å². The molecule has 3 aliphatic rings. The van der Waals surface area contributed by atoms with Crippen molar-refractivity contribution in [1.82, 2.24) is 0 Å². The first-order valence-corrected chi connectivity index (χ1v) is 14.4. The van der Waals surface area contributed by atoms with Crippen LogP contribution < -0.4 is 0 Å². The number of carbonyl (C=O) groups excluding carboxylic acids is 1. The molecule has 178 valence electrons. The molecule has 1 saturated carbocycles. The largest absolute Gasteiger partial charge is 0.380 e. The third-order valence-corrected chi connectivity index (χ3v) is 10.0. The molecule has 0 amide bonds. The fraction of sp³-hybridized carbons (Fsp3) is 0.880. The summed E-state index contributed by atoms with van der Waals surface area (Å²) in [7, 11) is 0. The zero-order valence-electron chi connectivity index (χ0n) is 19.7. The second-order valence-electron chi connectivity index (χ2n) is 9.79. The van der Waals surface area contributed by atoms with Gasteiger partial charge in [0.05, 0.1) is 29.8 Å². The van der Waals surface area contributed by atoms with Gasteiger partial charge < -0.3 is 14.2 Å². The Bertz CT molecular complexity index is 580. The highest BCUT2D eigenvalue weighted by Gasteiger charge is 2.51. The summed E-state index contributed by atoms with van der Waals surface area (Å²) >= 11 is 4.24. The number of ether oxygens (including phenoxy) is 3. The minimum atomic E-state index is -0.479. The SMILES string of the molecule is CCCCOCC(C)(C)C(=O)C=C[C@H]1CCC2(OCCO2)[C@@H]1CCCCC1SCCS1. The quantitative estimate of drug-likeness (QED) is 0.240. The van der Waals surface area contributed by atoms with Crippen molar-refractivity contribution in [1.29, 1.82) is 0 Å². The molecule has 3 fully saturated rings. The Balaban J connectivity index is 1.52. The second-order valence-corrected chi connectivity index (χ2v) is 12.7. The lowest BCUT2D eigenvalue weighted by Gasteiger charge is -2.31. The molecule has 2 atom stereocenters. The van der Waals surface area contributed by atoms with Crippen LogP contribution in [-0.4, -0.2) is 54.1 Å². The van der Waals surface area contributed by atoms with Gasteiger partial charge in [-0.25, -0.2) is 0 Å². The van der Waals surface area contributed by atoms with Gasteiger partial charge in [0.2, 0.25) is 0 Å². The molecule has 0 aromatic heterocycles. The Labute approximate surface area is 198 Å². The van der Waals surface area contributed by atoms with Crippen LogP contribution in [0.1, 0.15) is 72.1 Å². The molecule has 3 rings (SSSR count). The van der Waals surface area contributed by atoms with Crippen LogP contribution in [-0.2, 0) is 19.0 Å². The molecular weight excluding hydrogens is 428 g/mol. The monoisotopic (exact) mass is 470 g/mol. The number of carbonyl (C=O) groups is 1. The molecular formula is C25H42O4S2.